The molecule has 0 aliphatic carbocycles. The predicted octanol–water partition coefficient (Wildman–Crippen LogP) is 20.8. The van der Waals surface area contributed by atoms with Crippen LogP contribution in [0, 0.1) is 0 Å². The lowest BCUT2D eigenvalue weighted by Crippen LogP contribution is -2.45. The maximum Gasteiger partial charge on any atom is 0.305 e. The minimum absolute atomic E-state index is 0.0184. The first-order chi connectivity index (χ1) is 35.5. The monoisotopic (exact) mass is 1020 g/mol. The van der Waals surface area contributed by atoms with E-state index in [1.54, 1.807) is 0 Å². The molecule has 0 saturated heterocycles. The average molecular weight is 1020 g/mol. The van der Waals surface area contributed by atoms with E-state index in [4.69, 9.17) is 4.74 Å². The van der Waals surface area contributed by atoms with Crippen LogP contribution in [0.25, 0.3) is 0 Å². The van der Waals surface area contributed by atoms with Crippen LogP contribution in [0.2, 0.25) is 0 Å². The Hall–Kier alpha value is -1.40. The fraction of sp³-hybridized carbons (Fsp3) is 0.939. The lowest BCUT2D eigenvalue weighted by Gasteiger charge is -2.22. The zero-order valence-corrected chi connectivity index (χ0v) is 48.9. The minimum atomic E-state index is -0.661. The number of nitrogens with one attached hydrogen (secondary N) is 1. The van der Waals surface area contributed by atoms with E-state index in [0.717, 1.165) is 38.5 Å². The standard InChI is InChI=1S/C66H129NO5/c1-3-5-7-9-11-13-15-35-38-42-46-50-54-58-64(69)63(62-68)67-65(70)59-55-51-47-43-39-36-33-31-29-27-25-23-21-19-17-18-20-22-24-26-28-30-32-34-37-41-45-49-53-57-61-72-66(71)60-56-52-48-44-40-16-14-12-10-8-6-4-2/h18,20,63-64,68-69H,3-17,19,21-62H2,1-2H3,(H,67,70)/b20-18-. The Balaban J connectivity index is 3.34. The number of carbonyl (C=O) groups is 2. The Bertz CT molecular complexity index is 1080. The summed E-state index contributed by atoms with van der Waals surface area (Å²) in [7, 11) is 0. The maximum absolute atomic E-state index is 12.5. The van der Waals surface area contributed by atoms with Crippen LogP contribution in [0.5, 0.6) is 0 Å². The molecule has 1 amide bonds. The van der Waals surface area contributed by atoms with Gasteiger partial charge in [0, 0.05) is 12.8 Å². The number of allylic oxidation sites excluding steroid dienone is 2. The van der Waals surface area contributed by atoms with E-state index in [2.05, 4.69) is 31.3 Å². The van der Waals surface area contributed by atoms with Gasteiger partial charge in [-0.05, 0) is 51.4 Å². The van der Waals surface area contributed by atoms with Crippen LogP contribution in [-0.2, 0) is 14.3 Å². The lowest BCUT2D eigenvalue weighted by molar-refractivity contribution is -0.143. The largest absolute Gasteiger partial charge is 0.466 e. The van der Waals surface area contributed by atoms with Crippen molar-refractivity contribution in [3.63, 3.8) is 0 Å². The van der Waals surface area contributed by atoms with Crippen LogP contribution in [-0.4, -0.2) is 47.4 Å². The molecule has 2 atom stereocenters. The van der Waals surface area contributed by atoms with E-state index in [9.17, 15) is 19.8 Å². The number of unbranched alkanes of at least 4 members (excludes halogenated alkanes) is 49. The Morgan fingerprint density at radius 2 is 0.653 bits per heavy atom. The summed E-state index contributed by atoms with van der Waals surface area (Å²) in [6.45, 7) is 4.98. The number of hydrogen-bond donors (Lipinski definition) is 3. The number of aliphatic hydroxyl groups is 2. The van der Waals surface area contributed by atoms with Crippen molar-refractivity contribution in [2.24, 2.45) is 0 Å². The van der Waals surface area contributed by atoms with Gasteiger partial charge >= 0.3 is 5.97 Å². The topological polar surface area (TPSA) is 95.9 Å². The van der Waals surface area contributed by atoms with Gasteiger partial charge in [0.25, 0.3) is 0 Å². The quantitative estimate of drug-likeness (QED) is 0.0320. The van der Waals surface area contributed by atoms with Crippen molar-refractivity contribution in [3.8, 4) is 0 Å². The van der Waals surface area contributed by atoms with Crippen LogP contribution in [0.15, 0.2) is 12.2 Å². The van der Waals surface area contributed by atoms with E-state index in [0.29, 0.717) is 25.9 Å². The molecule has 0 rings (SSSR count). The summed E-state index contributed by atoms with van der Waals surface area (Å²) < 4.78 is 5.48. The van der Waals surface area contributed by atoms with Gasteiger partial charge in [0.15, 0.2) is 0 Å². The van der Waals surface area contributed by atoms with Gasteiger partial charge in [0.1, 0.15) is 0 Å². The molecule has 0 aliphatic heterocycles. The van der Waals surface area contributed by atoms with E-state index in [1.165, 1.54) is 302 Å². The minimum Gasteiger partial charge on any atom is -0.466 e. The Morgan fingerprint density at radius 1 is 0.375 bits per heavy atom. The van der Waals surface area contributed by atoms with E-state index in [1.807, 2.05) is 0 Å². The van der Waals surface area contributed by atoms with E-state index < -0.39 is 12.1 Å². The molecule has 0 saturated carbocycles. The Kier molecular flexibility index (Phi) is 60.9. The van der Waals surface area contributed by atoms with Crippen molar-refractivity contribution >= 4 is 11.9 Å². The number of ether oxygens (including phenoxy) is 1. The van der Waals surface area contributed by atoms with Crippen molar-refractivity contribution in [2.45, 2.75) is 386 Å². The van der Waals surface area contributed by atoms with Gasteiger partial charge in [-0.25, -0.2) is 0 Å². The number of aliphatic hydroxyl groups excluding tert-OH is 2. The van der Waals surface area contributed by atoms with Crippen molar-refractivity contribution in [1.29, 1.82) is 0 Å². The van der Waals surface area contributed by atoms with Crippen molar-refractivity contribution < 1.29 is 24.5 Å². The van der Waals surface area contributed by atoms with Gasteiger partial charge in [-0.3, -0.25) is 9.59 Å². The molecule has 2 unspecified atom stereocenters. The number of rotatable bonds is 62. The number of hydrogen-bond acceptors (Lipinski definition) is 5. The fourth-order valence-electron chi connectivity index (χ4n) is 10.5. The van der Waals surface area contributed by atoms with Gasteiger partial charge in [-0.1, -0.05) is 321 Å². The van der Waals surface area contributed by atoms with Gasteiger partial charge in [0.2, 0.25) is 5.91 Å². The summed E-state index contributed by atoms with van der Waals surface area (Å²) in [5.41, 5.74) is 0. The summed E-state index contributed by atoms with van der Waals surface area (Å²) in [6.07, 6.45) is 75.3. The van der Waals surface area contributed by atoms with Crippen LogP contribution in [0.3, 0.4) is 0 Å². The van der Waals surface area contributed by atoms with Crippen LogP contribution in [0.1, 0.15) is 373 Å². The zero-order chi connectivity index (χ0) is 52.2. The number of amides is 1. The molecule has 0 spiro atoms. The lowest BCUT2D eigenvalue weighted by atomic mass is 10.0. The van der Waals surface area contributed by atoms with Gasteiger partial charge < -0.3 is 20.3 Å². The summed E-state index contributed by atoms with van der Waals surface area (Å²) in [5, 5.41) is 23.3. The molecule has 0 fully saturated rings. The van der Waals surface area contributed by atoms with Gasteiger partial charge in [-0.15, -0.1) is 0 Å². The zero-order valence-electron chi connectivity index (χ0n) is 48.9. The highest BCUT2D eigenvalue weighted by atomic mass is 16.5. The second-order valence-electron chi connectivity index (χ2n) is 22.8. The number of carbonyl (C=O) groups excluding carboxylic acids is 2. The molecule has 3 N–H and O–H groups in total. The first-order valence-electron chi connectivity index (χ1n) is 32.9. The maximum atomic E-state index is 12.5. The highest BCUT2D eigenvalue weighted by Crippen LogP contribution is 2.18. The third-order valence-electron chi connectivity index (χ3n) is 15.6. The summed E-state index contributed by atoms with van der Waals surface area (Å²) in [5.74, 6) is -0.0130. The highest BCUT2D eigenvalue weighted by molar-refractivity contribution is 5.76. The highest BCUT2D eigenvalue weighted by Gasteiger charge is 2.20. The SMILES string of the molecule is CCCCCCCCCCCCCCCC(O)C(CO)NC(=O)CCCCCCCCCCCCCCCC/C=C\CCCCCCCCCCCCCCOC(=O)CCCCCCCCCCCCCC. The second kappa shape index (κ2) is 62.1. The van der Waals surface area contributed by atoms with Crippen molar-refractivity contribution in [2.75, 3.05) is 13.2 Å². The molecule has 428 valence electrons. The Labute approximate surface area is 450 Å². The third kappa shape index (κ3) is 57.9. The predicted molar refractivity (Wildman–Crippen MR) is 315 cm³/mol. The molecule has 0 radical (unpaired) electrons. The molecular formula is C66H129NO5. The normalized spacial score (nSPS) is 12.6. The molecular weight excluding hydrogens is 887 g/mol. The van der Waals surface area contributed by atoms with E-state index in [-0.39, 0.29) is 18.5 Å². The summed E-state index contributed by atoms with van der Waals surface area (Å²) in [6, 6.07) is -0.539. The first-order valence-corrected chi connectivity index (χ1v) is 32.9. The number of esters is 1. The fourth-order valence-corrected chi connectivity index (χ4v) is 10.5. The van der Waals surface area contributed by atoms with Gasteiger partial charge in [-0.2, -0.15) is 0 Å². The molecule has 0 aromatic rings. The molecule has 0 aromatic carbocycles. The first kappa shape index (κ1) is 70.6. The molecule has 0 aliphatic rings. The molecule has 0 heterocycles. The third-order valence-corrected chi connectivity index (χ3v) is 15.6. The molecule has 6 nitrogen and oxygen atoms in total. The summed E-state index contributed by atoms with van der Waals surface area (Å²) in [4.78, 5) is 24.5. The molecule has 0 aromatic heterocycles. The Morgan fingerprint density at radius 3 is 0.986 bits per heavy atom. The van der Waals surface area contributed by atoms with Crippen LogP contribution in [0.4, 0.5) is 0 Å². The molecule has 0 bridgehead atoms. The van der Waals surface area contributed by atoms with E-state index >= 15 is 0 Å². The second-order valence-corrected chi connectivity index (χ2v) is 22.8. The smallest absolute Gasteiger partial charge is 0.305 e. The van der Waals surface area contributed by atoms with Crippen molar-refractivity contribution in [3.05, 3.63) is 12.2 Å². The molecule has 72 heavy (non-hydrogen) atoms. The summed E-state index contributed by atoms with van der Waals surface area (Å²) >= 11 is 0. The molecule has 6 heteroatoms. The van der Waals surface area contributed by atoms with Crippen LogP contribution >= 0.6 is 0 Å². The average Bonchev–Trinajstić information content (AvgIpc) is 3.38. The van der Waals surface area contributed by atoms with Crippen molar-refractivity contribution in [1.82, 2.24) is 5.32 Å². The van der Waals surface area contributed by atoms with Crippen LogP contribution < -0.4 is 5.32 Å². The van der Waals surface area contributed by atoms with Gasteiger partial charge in [0.05, 0.1) is 25.4 Å².